The van der Waals surface area contributed by atoms with Crippen LogP contribution in [0.3, 0.4) is 0 Å². The molecule has 2 aromatic rings. The first-order valence-electron chi connectivity index (χ1n) is 13.5. The van der Waals surface area contributed by atoms with E-state index < -0.39 is 10.0 Å². The van der Waals surface area contributed by atoms with Crippen LogP contribution in [0.5, 0.6) is 0 Å². The molecule has 0 fully saturated rings. The van der Waals surface area contributed by atoms with Crippen molar-refractivity contribution in [2.75, 3.05) is 44.6 Å². The van der Waals surface area contributed by atoms with Gasteiger partial charge in [0.05, 0.1) is 10.5 Å². The van der Waals surface area contributed by atoms with E-state index in [1.165, 1.54) is 52.1 Å². The molecule has 0 aliphatic carbocycles. The van der Waals surface area contributed by atoms with Gasteiger partial charge >= 0.3 is 0 Å². The van der Waals surface area contributed by atoms with E-state index in [1.54, 1.807) is 0 Å². The van der Waals surface area contributed by atoms with Gasteiger partial charge in [0.2, 0.25) is 10.0 Å². The van der Waals surface area contributed by atoms with Crippen molar-refractivity contribution in [3.63, 3.8) is 0 Å². The summed E-state index contributed by atoms with van der Waals surface area (Å²) in [6.45, 7) is 17.7. The molecular formula is C29H40N4O4S2. The zero-order valence-electron chi connectivity index (χ0n) is 23.2. The highest BCUT2D eigenvalue weighted by molar-refractivity contribution is 7.89. The van der Waals surface area contributed by atoms with Crippen LogP contribution in [0.2, 0.25) is 0 Å². The van der Waals surface area contributed by atoms with Crippen molar-refractivity contribution in [3.05, 3.63) is 71.1 Å². The number of rotatable bonds is 14. The van der Waals surface area contributed by atoms with Gasteiger partial charge in [-0.1, -0.05) is 32.9 Å². The van der Waals surface area contributed by atoms with Gasteiger partial charge in [-0.25, -0.2) is 8.42 Å². The topological polar surface area (TPSA) is 90.0 Å². The second kappa shape index (κ2) is 14.0. The Bertz CT molecular complexity index is 1270. The highest BCUT2D eigenvalue weighted by Crippen LogP contribution is 2.38. The largest absolute Gasteiger partial charge is 0.339 e. The van der Waals surface area contributed by atoms with E-state index in [4.69, 9.17) is 0 Å². The van der Waals surface area contributed by atoms with Gasteiger partial charge in [-0.3, -0.25) is 14.5 Å². The second-order valence-corrected chi connectivity index (χ2v) is 12.5. The zero-order valence-corrected chi connectivity index (χ0v) is 24.9. The van der Waals surface area contributed by atoms with Crippen LogP contribution in [0.25, 0.3) is 0 Å². The summed E-state index contributed by atoms with van der Waals surface area (Å²) in [5.41, 5.74) is 1.95. The van der Waals surface area contributed by atoms with E-state index in [2.05, 4.69) is 44.1 Å². The summed E-state index contributed by atoms with van der Waals surface area (Å²) >= 11 is 1.47. The van der Waals surface area contributed by atoms with Gasteiger partial charge in [-0.2, -0.15) is 4.31 Å². The lowest BCUT2D eigenvalue weighted by Gasteiger charge is -2.27. The van der Waals surface area contributed by atoms with Crippen molar-refractivity contribution < 1.29 is 18.0 Å². The van der Waals surface area contributed by atoms with E-state index in [1.807, 2.05) is 4.90 Å². The second-order valence-electron chi connectivity index (χ2n) is 9.50. The van der Waals surface area contributed by atoms with E-state index in [-0.39, 0.29) is 29.8 Å². The molecule has 3 rings (SSSR count). The van der Waals surface area contributed by atoms with Crippen LogP contribution >= 0.6 is 11.3 Å². The minimum Gasteiger partial charge on any atom is -0.339 e. The monoisotopic (exact) mass is 572 g/mol. The molecule has 1 N–H and O–H groups in total. The summed E-state index contributed by atoms with van der Waals surface area (Å²) < 4.78 is 27.3. The number of thiophene rings is 1. The van der Waals surface area contributed by atoms with Gasteiger partial charge in [0, 0.05) is 49.7 Å². The van der Waals surface area contributed by atoms with Gasteiger partial charge in [0.1, 0.15) is 5.00 Å². The van der Waals surface area contributed by atoms with Gasteiger partial charge in [-0.15, -0.1) is 24.5 Å². The molecule has 1 aliphatic rings. The third-order valence-corrected chi connectivity index (χ3v) is 9.70. The predicted molar refractivity (Wildman–Crippen MR) is 159 cm³/mol. The molecular weight excluding hydrogens is 532 g/mol. The van der Waals surface area contributed by atoms with Gasteiger partial charge in [-0.05, 0) is 55.6 Å². The fraction of sp³-hybridized carbons (Fsp3) is 0.448. The minimum atomic E-state index is -3.77. The number of carbonyl (C=O) groups excluding carboxylic acids is 2. The lowest BCUT2D eigenvalue weighted by Crippen LogP contribution is -2.35. The van der Waals surface area contributed by atoms with Crippen molar-refractivity contribution in [2.24, 2.45) is 0 Å². The highest BCUT2D eigenvalue weighted by Gasteiger charge is 2.31. The van der Waals surface area contributed by atoms with Crippen LogP contribution in [0.15, 0.2) is 54.5 Å². The van der Waals surface area contributed by atoms with Crippen molar-refractivity contribution in [3.8, 4) is 0 Å². The number of benzene rings is 1. The first-order valence-corrected chi connectivity index (χ1v) is 15.8. The van der Waals surface area contributed by atoms with Crippen LogP contribution in [0, 0.1) is 0 Å². The Morgan fingerprint density at radius 2 is 1.67 bits per heavy atom. The highest BCUT2D eigenvalue weighted by atomic mass is 32.2. The quantitative estimate of drug-likeness (QED) is 0.322. The molecule has 0 spiro atoms. The number of hydrogen-bond acceptors (Lipinski definition) is 6. The smallest absolute Gasteiger partial charge is 0.257 e. The molecule has 1 aromatic carbocycles. The zero-order chi connectivity index (χ0) is 28.6. The predicted octanol–water partition coefficient (Wildman–Crippen LogP) is 5.00. The summed E-state index contributed by atoms with van der Waals surface area (Å²) in [5, 5.41) is 3.55. The number of nitrogens with zero attached hydrogens (tertiary/aromatic N) is 3. The standard InChI is InChI=1S/C29H40N4O4S2/c1-6-16-32(17-7-2)29(35)26-24-15-20-31(10-5)21-25(24)38-28(26)30-27(34)22-11-13-23(14-12-22)39(36,37)33(18-8-3)19-9-4/h8-9,11-14H,3-4,6-7,10,15-21H2,1-2,5H3,(H,30,34). The maximum Gasteiger partial charge on any atom is 0.257 e. The maximum absolute atomic E-state index is 13.8. The SMILES string of the molecule is C=CCN(CC=C)S(=O)(=O)c1ccc(C(=O)Nc2sc3c(c2C(=O)N(CCC)CCC)CCN(CC)C3)cc1. The molecule has 8 nitrogen and oxygen atoms in total. The lowest BCUT2D eigenvalue weighted by atomic mass is 10.0. The summed E-state index contributed by atoms with van der Waals surface area (Å²) in [6.07, 6.45) is 5.51. The first-order chi connectivity index (χ1) is 18.7. The third-order valence-electron chi connectivity index (χ3n) is 6.72. The van der Waals surface area contributed by atoms with Crippen molar-refractivity contribution >= 4 is 38.2 Å². The minimum absolute atomic E-state index is 0.0394. The van der Waals surface area contributed by atoms with E-state index in [0.717, 1.165) is 49.3 Å². The Kier molecular flexibility index (Phi) is 11.1. The van der Waals surface area contributed by atoms with Gasteiger partial charge in [0.15, 0.2) is 0 Å². The Labute approximate surface area is 237 Å². The van der Waals surface area contributed by atoms with Gasteiger partial charge in [0.25, 0.3) is 11.8 Å². The molecule has 0 saturated heterocycles. The summed E-state index contributed by atoms with van der Waals surface area (Å²) in [4.78, 5) is 32.5. The molecule has 0 unspecified atom stereocenters. The summed E-state index contributed by atoms with van der Waals surface area (Å²) in [6, 6.07) is 5.85. The Hall–Kier alpha value is -2.79. The summed E-state index contributed by atoms with van der Waals surface area (Å²) in [7, 11) is -3.77. The molecule has 0 bridgehead atoms. The number of sulfonamides is 1. The Morgan fingerprint density at radius 3 is 2.21 bits per heavy atom. The van der Waals surface area contributed by atoms with Crippen molar-refractivity contribution in [1.82, 2.24) is 14.1 Å². The fourth-order valence-corrected chi connectivity index (χ4v) is 7.37. The molecule has 0 radical (unpaired) electrons. The number of hydrogen-bond donors (Lipinski definition) is 1. The molecule has 1 aliphatic heterocycles. The molecule has 39 heavy (non-hydrogen) atoms. The average molecular weight is 573 g/mol. The fourth-order valence-electron chi connectivity index (χ4n) is 4.71. The number of nitrogens with one attached hydrogen (secondary N) is 1. The van der Waals surface area contributed by atoms with Crippen LogP contribution in [0.4, 0.5) is 5.00 Å². The Balaban J connectivity index is 1.92. The molecule has 2 heterocycles. The van der Waals surface area contributed by atoms with E-state index in [9.17, 15) is 18.0 Å². The number of carbonyl (C=O) groups is 2. The van der Waals surface area contributed by atoms with Crippen LogP contribution in [-0.4, -0.2) is 73.6 Å². The molecule has 10 heteroatoms. The Morgan fingerprint density at radius 1 is 1.05 bits per heavy atom. The molecule has 1 aromatic heterocycles. The number of amides is 2. The third kappa shape index (κ3) is 7.05. The van der Waals surface area contributed by atoms with E-state index in [0.29, 0.717) is 29.2 Å². The number of likely N-dealkylation sites (N-methyl/N-ethyl adjacent to an activating group) is 1. The van der Waals surface area contributed by atoms with Crippen LogP contribution < -0.4 is 5.32 Å². The van der Waals surface area contributed by atoms with Crippen LogP contribution in [0.1, 0.15) is 64.8 Å². The van der Waals surface area contributed by atoms with Crippen LogP contribution in [-0.2, 0) is 23.0 Å². The van der Waals surface area contributed by atoms with Gasteiger partial charge < -0.3 is 10.2 Å². The maximum atomic E-state index is 13.8. The van der Waals surface area contributed by atoms with E-state index >= 15 is 0 Å². The van der Waals surface area contributed by atoms with Crippen molar-refractivity contribution in [1.29, 1.82) is 0 Å². The summed E-state index contributed by atoms with van der Waals surface area (Å²) in [5.74, 6) is -0.423. The molecule has 0 saturated carbocycles. The van der Waals surface area contributed by atoms with Crippen molar-refractivity contribution in [2.45, 2.75) is 51.5 Å². The molecule has 212 valence electrons. The first kappa shape index (κ1) is 30.7. The number of anilines is 1. The normalized spacial score (nSPS) is 13.6. The average Bonchev–Trinajstić information content (AvgIpc) is 3.29. The molecule has 0 atom stereocenters. The number of fused-ring (bicyclic) bond motifs is 1. The molecule has 2 amide bonds. The lowest BCUT2D eigenvalue weighted by molar-refractivity contribution is 0.0755.